The molecule has 26 heavy (non-hydrogen) atoms. The van der Waals surface area contributed by atoms with E-state index in [9.17, 15) is 4.79 Å². The van der Waals surface area contributed by atoms with E-state index < -0.39 is 0 Å². The van der Waals surface area contributed by atoms with Crippen molar-refractivity contribution >= 4 is 11.9 Å². The first kappa shape index (κ1) is 20.2. The summed E-state index contributed by atoms with van der Waals surface area (Å²) < 4.78 is 6.00. The molecule has 0 aliphatic carbocycles. The molecule has 6 heteroatoms. The minimum absolute atomic E-state index is 0.0432. The van der Waals surface area contributed by atoms with Crippen molar-refractivity contribution in [3.63, 3.8) is 0 Å². The molecule has 1 aromatic carbocycles. The van der Waals surface area contributed by atoms with E-state index >= 15 is 0 Å². The van der Waals surface area contributed by atoms with E-state index in [0.29, 0.717) is 19.6 Å². The molecule has 0 spiro atoms. The van der Waals surface area contributed by atoms with E-state index in [1.807, 2.05) is 6.92 Å². The van der Waals surface area contributed by atoms with E-state index in [-0.39, 0.29) is 12.0 Å². The summed E-state index contributed by atoms with van der Waals surface area (Å²) >= 11 is 0. The Morgan fingerprint density at radius 3 is 2.85 bits per heavy atom. The summed E-state index contributed by atoms with van der Waals surface area (Å²) in [5, 5.41) is 6.23. The zero-order valence-corrected chi connectivity index (χ0v) is 16.3. The molecule has 0 bridgehead atoms. The fraction of sp³-hybridized carbons (Fsp3) is 0.600. The summed E-state index contributed by atoms with van der Waals surface area (Å²) in [6.07, 6.45) is 1.41. The van der Waals surface area contributed by atoms with Gasteiger partial charge in [0.1, 0.15) is 6.10 Å². The normalized spacial score (nSPS) is 17.9. The molecule has 0 saturated carbocycles. The van der Waals surface area contributed by atoms with Crippen molar-refractivity contribution in [1.29, 1.82) is 0 Å². The maximum atomic E-state index is 11.8. The second-order valence-corrected chi connectivity index (χ2v) is 6.50. The lowest BCUT2D eigenvalue weighted by molar-refractivity contribution is -0.120. The number of guanidine groups is 1. The number of carbonyl (C=O) groups is 1. The molecule has 1 atom stereocenters. The van der Waals surface area contributed by atoms with Crippen molar-refractivity contribution < 1.29 is 9.53 Å². The molecule has 1 aromatic rings. The Labute approximate surface area is 157 Å². The molecule has 0 radical (unpaired) electrons. The highest BCUT2D eigenvalue weighted by Gasteiger charge is 2.25. The maximum absolute atomic E-state index is 11.8. The number of nitrogens with one attached hydrogen (secondary N) is 2. The minimum atomic E-state index is 0.0432. The predicted molar refractivity (Wildman–Crippen MR) is 105 cm³/mol. The molecule has 144 valence electrons. The molecule has 1 saturated heterocycles. The molecule has 2 N–H and O–H groups in total. The summed E-state index contributed by atoms with van der Waals surface area (Å²) in [5.41, 5.74) is 2.47. The highest BCUT2D eigenvalue weighted by Crippen LogP contribution is 2.24. The highest BCUT2D eigenvalue weighted by molar-refractivity contribution is 5.81. The van der Waals surface area contributed by atoms with Crippen LogP contribution in [0.5, 0.6) is 0 Å². The van der Waals surface area contributed by atoms with Gasteiger partial charge < -0.3 is 20.3 Å². The van der Waals surface area contributed by atoms with Crippen LogP contribution < -0.4 is 10.6 Å². The zero-order valence-electron chi connectivity index (χ0n) is 16.3. The van der Waals surface area contributed by atoms with Gasteiger partial charge in [-0.1, -0.05) is 31.2 Å². The smallest absolute Gasteiger partial charge is 0.221 e. The molecule has 1 fully saturated rings. The molecular weight excluding hydrogens is 328 g/mol. The van der Waals surface area contributed by atoms with Gasteiger partial charge in [0, 0.05) is 26.1 Å². The predicted octanol–water partition coefficient (Wildman–Crippen LogP) is 2.25. The van der Waals surface area contributed by atoms with Crippen molar-refractivity contribution in [2.45, 2.75) is 39.7 Å². The summed E-state index contributed by atoms with van der Waals surface area (Å²) in [5.74, 6) is 0.920. The van der Waals surface area contributed by atoms with Crippen LogP contribution in [0.15, 0.2) is 29.3 Å². The number of morpholine rings is 1. The van der Waals surface area contributed by atoms with Gasteiger partial charge in [-0.2, -0.15) is 0 Å². The van der Waals surface area contributed by atoms with E-state index in [2.05, 4.69) is 58.6 Å². The van der Waals surface area contributed by atoms with Crippen LogP contribution in [0.4, 0.5) is 0 Å². The number of nitrogens with zero attached hydrogens (tertiary/aromatic N) is 2. The molecule has 1 heterocycles. The van der Waals surface area contributed by atoms with Gasteiger partial charge in [0.05, 0.1) is 19.7 Å². The Kier molecular flexibility index (Phi) is 8.41. The van der Waals surface area contributed by atoms with Gasteiger partial charge in [-0.15, -0.1) is 0 Å². The van der Waals surface area contributed by atoms with Crippen molar-refractivity contribution in [1.82, 2.24) is 15.5 Å². The first-order valence-electron chi connectivity index (χ1n) is 9.62. The first-order valence-corrected chi connectivity index (χ1v) is 9.62. The van der Waals surface area contributed by atoms with Crippen molar-refractivity contribution in [2.75, 3.05) is 39.3 Å². The monoisotopic (exact) mass is 360 g/mol. The summed E-state index contributed by atoms with van der Waals surface area (Å²) in [7, 11) is 0. The number of ether oxygens (including phenoxy) is 1. The average molecular weight is 361 g/mol. The third kappa shape index (κ3) is 6.02. The number of hydrogen-bond donors (Lipinski definition) is 2. The molecule has 2 rings (SSSR count). The Balaban J connectivity index is 1.98. The molecular formula is C20H32N4O2. The van der Waals surface area contributed by atoms with Crippen LogP contribution in [0, 0.1) is 6.92 Å². The zero-order chi connectivity index (χ0) is 18.8. The minimum Gasteiger partial charge on any atom is -0.370 e. The molecule has 1 aliphatic heterocycles. The summed E-state index contributed by atoms with van der Waals surface area (Å²) in [6.45, 7) is 10.5. The van der Waals surface area contributed by atoms with Crippen LogP contribution in [-0.4, -0.2) is 56.1 Å². The molecule has 1 aliphatic rings. The van der Waals surface area contributed by atoms with Gasteiger partial charge in [0.15, 0.2) is 5.96 Å². The van der Waals surface area contributed by atoms with Crippen LogP contribution in [0.25, 0.3) is 0 Å². The van der Waals surface area contributed by atoms with Gasteiger partial charge >= 0.3 is 0 Å². The number of hydrogen-bond acceptors (Lipinski definition) is 3. The van der Waals surface area contributed by atoms with E-state index in [4.69, 9.17) is 4.74 Å². The number of aryl methyl sites for hydroxylation is 1. The fourth-order valence-electron chi connectivity index (χ4n) is 3.02. The quantitative estimate of drug-likeness (QED) is 0.578. The average Bonchev–Trinajstić information content (AvgIpc) is 2.66. The number of benzene rings is 1. The Morgan fingerprint density at radius 2 is 2.12 bits per heavy atom. The third-order valence-electron chi connectivity index (χ3n) is 4.41. The van der Waals surface area contributed by atoms with E-state index in [0.717, 1.165) is 38.6 Å². The van der Waals surface area contributed by atoms with Gasteiger partial charge in [0.25, 0.3) is 0 Å². The van der Waals surface area contributed by atoms with Crippen molar-refractivity contribution in [3.05, 3.63) is 35.4 Å². The Morgan fingerprint density at radius 1 is 1.31 bits per heavy atom. The Hall–Kier alpha value is -2.08. The van der Waals surface area contributed by atoms with Crippen LogP contribution in [0.3, 0.4) is 0 Å². The van der Waals surface area contributed by atoms with Gasteiger partial charge in [-0.3, -0.25) is 9.79 Å². The lowest BCUT2D eigenvalue weighted by Gasteiger charge is -2.35. The van der Waals surface area contributed by atoms with E-state index in [1.54, 1.807) is 0 Å². The maximum Gasteiger partial charge on any atom is 0.221 e. The topological polar surface area (TPSA) is 66.0 Å². The second kappa shape index (κ2) is 10.8. The molecule has 1 amide bonds. The number of carbonyl (C=O) groups excluding carboxylic acids is 1. The lowest BCUT2D eigenvalue weighted by Crippen LogP contribution is -2.48. The number of aliphatic imine (C=N–C) groups is 1. The largest absolute Gasteiger partial charge is 0.370 e. The van der Waals surface area contributed by atoms with Crippen molar-refractivity contribution in [3.8, 4) is 0 Å². The van der Waals surface area contributed by atoms with Gasteiger partial charge in [-0.25, -0.2) is 0 Å². The van der Waals surface area contributed by atoms with Crippen molar-refractivity contribution in [2.24, 2.45) is 4.99 Å². The molecule has 1 unspecified atom stereocenters. The second-order valence-electron chi connectivity index (χ2n) is 6.50. The molecule has 0 aromatic heterocycles. The van der Waals surface area contributed by atoms with Crippen LogP contribution in [0.1, 0.15) is 43.9 Å². The first-order chi connectivity index (χ1) is 12.7. The van der Waals surface area contributed by atoms with Gasteiger partial charge in [-0.05, 0) is 31.4 Å². The summed E-state index contributed by atoms with van der Waals surface area (Å²) in [4.78, 5) is 18.6. The third-order valence-corrected chi connectivity index (χ3v) is 4.41. The number of rotatable bonds is 7. The standard InChI is InChI=1S/C20H32N4O2/c1-4-11-22-19(25)10-12-23-20(21-5-2)24-13-14-26-18(15-24)17-9-7-6-8-16(17)3/h6-9,18H,4-5,10-15H2,1-3H3,(H,21,23)(H,22,25). The van der Waals surface area contributed by atoms with Gasteiger partial charge in [0.2, 0.25) is 5.91 Å². The summed E-state index contributed by atoms with van der Waals surface area (Å²) in [6, 6.07) is 8.35. The highest BCUT2D eigenvalue weighted by atomic mass is 16.5. The van der Waals surface area contributed by atoms with Crippen LogP contribution in [0.2, 0.25) is 0 Å². The lowest BCUT2D eigenvalue weighted by atomic mass is 10.0. The van der Waals surface area contributed by atoms with Crippen LogP contribution >= 0.6 is 0 Å². The SMILES string of the molecule is CCCNC(=O)CCN=C(NCC)N1CCOC(c2ccccc2C)C1. The fourth-order valence-corrected chi connectivity index (χ4v) is 3.02. The number of amides is 1. The molecule has 6 nitrogen and oxygen atoms in total. The van der Waals surface area contributed by atoms with E-state index in [1.165, 1.54) is 11.1 Å². The van der Waals surface area contributed by atoms with Crippen LogP contribution in [-0.2, 0) is 9.53 Å². The Bertz CT molecular complexity index is 603.